The molecule has 5 rings (SSSR count). The molecule has 0 radical (unpaired) electrons. The molecular formula is C32H36FN3O3. The van der Waals surface area contributed by atoms with E-state index in [1.165, 1.54) is 12.1 Å². The third-order valence-electron chi connectivity index (χ3n) is 7.35. The molecule has 1 aromatic carbocycles. The van der Waals surface area contributed by atoms with Crippen LogP contribution in [0.3, 0.4) is 0 Å². The Morgan fingerprint density at radius 2 is 1.87 bits per heavy atom. The monoisotopic (exact) mass is 529 g/mol. The maximum Gasteiger partial charge on any atom is 0.163 e. The van der Waals surface area contributed by atoms with Gasteiger partial charge in [0.05, 0.1) is 29.3 Å². The lowest BCUT2D eigenvalue weighted by Crippen LogP contribution is -2.44. The van der Waals surface area contributed by atoms with Gasteiger partial charge in [-0.25, -0.2) is 9.37 Å². The zero-order valence-electron chi connectivity index (χ0n) is 23.0. The molecule has 0 saturated carbocycles. The molecule has 39 heavy (non-hydrogen) atoms. The zero-order valence-corrected chi connectivity index (χ0v) is 23.0. The van der Waals surface area contributed by atoms with Crippen LogP contribution < -0.4 is 5.73 Å². The summed E-state index contributed by atoms with van der Waals surface area (Å²) in [5.74, 6) is -0.444. The van der Waals surface area contributed by atoms with Gasteiger partial charge in [-0.2, -0.15) is 0 Å². The highest BCUT2D eigenvalue weighted by molar-refractivity contribution is 5.85. The van der Waals surface area contributed by atoms with Gasteiger partial charge >= 0.3 is 0 Å². The van der Waals surface area contributed by atoms with Gasteiger partial charge in [0.1, 0.15) is 17.9 Å². The molecule has 0 amide bonds. The van der Waals surface area contributed by atoms with Crippen LogP contribution in [0.4, 0.5) is 10.2 Å². The van der Waals surface area contributed by atoms with E-state index in [0.29, 0.717) is 18.7 Å². The first-order chi connectivity index (χ1) is 18.6. The maximum atomic E-state index is 14.0. The number of nitrogens with zero attached hydrogens (tertiary/aromatic N) is 2. The number of rotatable bonds is 6. The fraction of sp³-hybridized carbons (Fsp3) is 0.406. The highest BCUT2D eigenvalue weighted by Crippen LogP contribution is 2.42. The number of anilines is 1. The normalized spacial score (nSPS) is 20.5. The Bertz CT molecular complexity index is 1400. The number of aromatic nitrogens is 2. The van der Waals surface area contributed by atoms with Crippen molar-refractivity contribution >= 4 is 18.2 Å². The second-order valence-corrected chi connectivity index (χ2v) is 11.2. The van der Waals surface area contributed by atoms with Crippen molar-refractivity contribution in [1.29, 1.82) is 0 Å². The van der Waals surface area contributed by atoms with Crippen LogP contribution >= 0.6 is 0 Å². The SMILES string of the molecule is CC(C)c1nc2c(c(-c3ccc(F)cc3)c1/C=C/[C@@H]1C[C@H](CC=O)OC(C)(C)O1)CCCc1nc(N)ccc1-2. The largest absolute Gasteiger partial charge is 0.384 e. The number of nitrogen functional groups attached to an aromatic ring is 1. The van der Waals surface area contributed by atoms with E-state index >= 15 is 0 Å². The van der Waals surface area contributed by atoms with E-state index in [-0.39, 0.29) is 23.9 Å². The Hall–Kier alpha value is -3.42. The standard InChI is InChI=1S/C32H36FN3O3/c1-19(2)30-26(13-12-22-18-23(16-17-37)39-32(3,4)38-22)29(20-8-10-21(33)11-9-20)25-6-5-7-27-24(31(25)36-30)14-15-28(34)35-27/h8-15,17,19,22-23H,5-7,16,18H2,1-4H3,(H2,34,35)/b13-12+/t22-,23+/m1/s1. The van der Waals surface area contributed by atoms with E-state index in [9.17, 15) is 9.18 Å². The minimum absolute atomic E-state index is 0.123. The summed E-state index contributed by atoms with van der Waals surface area (Å²) in [4.78, 5) is 21.1. The predicted octanol–water partition coefficient (Wildman–Crippen LogP) is 6.66. The number of aryl methyl sites for hydroxylation is 1. The summed E-state index contributed by atoms with van der Waals surface area (Å²) >= 11 is 0. The third kappa shape index (κ3) is 5.80. The van der Waals surface area contributed by atoms with Crippen LogP contribution in [0.25, 0.3) is 28.5 Å². The number of halogens is 1. The van der Waals surface area contributed by atoms with Crippen molar-refractivity contribution in [2.24, 2.45) is 0 Å². The van der Waals surface area contributed by atoms with Crippen LogP contribution in [0, 0.1) is 5.82 Å². The Balaban J connectivity index is 1.70. The molecule has 2 aliphatic rings. The molecule has 1 aliphatic carbocycles. The molecule has 7 heteroatoms. The number of nitrogens with two attached hydrogens (primary N) is 1. The molecule has 3 aromatic rings. The van der Waals surface area contributed by atoms with Crippen LogP contribution in [-0.2, 0) is 27.1 Å². The second-order valence-electron chi connectivity index (χ2n) is 11.2. The van der Waals surface area contributed by atoms with Gasteiger partial charge in [0.2, 0.25) is 0 Å². The van der Waals surface area contributed by atoms with Crippen LogP contribution in [0.15, 0.2) is 42.5 Å². The predicted molar refractivity (Wildman–Crippen MR) is 152 cm³/mol. The fourth-order valence-electron chi connectivity index (χ4n) is 5.76. The van der Waals surface area contributed by atoms with E-state index in [1.54, 1.807) is 0 Å². The highest BCUT2D eigenvalue weighted by atomic mass is 19.1. The molecule has 0 bridgehead atoms. The number of pyridine rings is 2. The number of ether oxygens (including phenoxy) is 2. The molecule has 6 nitrogen and oxygen atoms in total. The van der Waals surface area contributed by atoms with Crippen LogP contribution in [-0.4, -0.2) is 34.2 Å². The summed E-state index contributed by atoms with van der Waals surface area (Å²) < 4.78 is 26.2. The van der Waals surface area contributed by atoms with Crippen molar-refractivity contribution in [3.05, 3.63) is 70.8 Å². The Morgan fingerprint density at radius 3 is 2.59 bits per heavy atom. The minimum atomic E-state index is -0.799. The molecule has 1 fully saturated rings. The first kappa shape index (κ1) is 27.2. The van der Waals surface area contributed by atoms with Gasteiger partial charge in [-0.05, 0) is 80.0 Å². The van der Waals surface area contributed by atoms with Crippen LogP contribution in [0.1, 0.15) is 75.4 Å². The molecule has 204 valence electrons. The first-order valence-electron chi connectivity index (χ1n) is 13.7. The van der Waals surface area contributed by atoms with Crippen molar-refractivity contribution in [1.82, 2.24) is 9.97 Å². The van der Waals surface area contributed by atoms with Crippen molar-refractivity contribution in [3.63, 3.8) is 0 Å². The van der Waals surface area contributed by atoms with Gasteiger partial charge in [0.15, 0.2) is 5.79 Å². The van der Waals surface area contributed by atoms with E-state index in [2.05, 4.69) is 31.0 Å². The third-order valence-corrected chi connectivity index (χ3v) is 7.35. The maximum absolute atomic E-state index is 14.0. The van der Waals surface area contributed by atoms with E-state index in [1.807, 2.05) is 38.1 Å². The molecule has 0 unspecified atom stereocenters. The molecule has 0 spiro atoms. The zero-order chi connectivity index (χ0) is 27.7. The van der Waals surface area contributed by atoms with Crippen molar-refractivity contribution in [2.45, 2.75) is 83.7 Å². The lowest BCUT2D eigenvalue weighted by atomic mass is 9.86. The molecule has 1 saturated heterocycles. The average molecular weight is 530 g/mol. The summed E-state index contributed by atoms with van der Waals surface area (Å²) in [6.07, 6.45) is 8.05. The van der Waals surface area contributed by atoms with E-state index < -0.39 is 5.79 Å². The van der Waals surface area contributed by atoms with E-state index in [0.717, 1.165) is 70.4 Å². The first-order valence-corrected chi connectivity index (χ1v) is 13.7. The number of carbonyl (C=O) groups is 1. The number of aldehydes is 1. The summed E-state index contributed by atoms with van der Waals surface area (Å²) in [5.41, 5.74) is 14.0. The molecule has 1 aliphatic heterocycles. The molecule has 2 N–H and O–H groups in total. The van der Waals surface area contributed by atoms with Gasteiger partial charge in [0.25, 0.3) is 0 Å². The van der Waals surface area contributed by atoms with Gasteiger partial charge in [-0.1, -0.05) is 38.1 Å². The summed E-state index contributed by atoms with van der Waals surface area (Å²) in [6.45, 7) is 8.01. The molecule has 2 aromatic heterocycles. The summed E-state index contributed by atoms with van der Waals surface area (Å²) in [7, 11) is 0. The fourth-order valence-corrected chi connectivity index (χ4v) is 5.76. The van der Waals surface area contributed by atoms with Crippen molar-refractivity contribution in [2.75, 3.05) is 5.73 Å². The van der Waals surface area contributed by atoms with Gasteiger partial charge in [-0.15, -0.1) is 0 Å². The molecule has 3 heterocycles. The van der Waals surface area contributed by atoms with Gasteiger partial charge in [-0.3, -0.25) is 4.98 Å². The van der Waals surface area contributed by atoms with Gasteiger partial charge < -0.3 is 20.0 Å². The number of hydrogen-bond donors (Lipinski definition) is 1. The van der Waals surface area contributed by atoms with Crippen LogP contribution in [0.2, 0.25) is 0 Å². The second kappa shape index (κ2) is 11.0. The lowest BCUT2D eigenvalue weighted by Gasteiger charge is -2.39. The minimum Gasteiger partial charge on any atom is -0.384 e. The van der Waals surface area contributed by atoms with E-state index in [4.69, 9.17) is 20.2 Å². The Morgan fingerprint density at radius 1 is 1.10 bits per heavy atom. The highest BCUT2D eigenvalue weighted by Gasteiger charge is 2.34. The van der Waals surface area contributed by atoms with Crippen molar-refractivity contribution < 1.29 is 18.7 Å². The number of fused-ring (bicyclic) bond motifs is 3. The van der Waals surface area contributed by atoms with Gasteiger partial charge in [0, 0.05) is 24.0 Å². The Labute approximate surface area is 229 Å². The molecular weight excluding hydrogens is 493 g/mol. The summed E-state index contributed by atoms with van der Waals surface area (Å²) in [5, 5.41) is 0. The van der Waals surface area contributed by atoms with Crippen molar-refractivity contribution in [3.8, 4) is 22.4 Å². The smallest absolute Gasteiger partial charge is 0.163 e. The average Bonchev–Trinajstić information content (AvgIpc) is 3.05. The quantitative estimate of drug-likeness (QED) is 0.360. The Kier molecular flexibility index (Phi) is 7.65. The number of carbonyl (C=O) groups excluding carboxylic acids is 1. The van der Waals surface area contributed by atoms with Crippen LogP contribution in [0.5, 0.6) is 0 Å². The topological polar surface area (TPSA) is 87.3 Å². The molecule has 2 atom stereocenters. The summed E-state index contributed by atoms with van der Waals surface area (Å²) in [6, 6.07) is 10.5. The lowest BCUT2D eigenvalue weighted by molar-refractivity contribution is -0.289. The number of hydrogen-bond acceptors (Lipinski definition) is 6. The number of benzene rings is 1.